The number of hydrogen-bond donors (Lipinski definition) is 0. The molecule has 1 aliphatic carbocycles. The maximum Gasteiger partial charge on any atom is 0.0426 e. The summed E-state index contributed by atoms with van der Waals surface area (Å²) in [6.07, 6.45) is 8.35. The molecule has 1 nitrogen and oxygen atoms in total. The topological polar surface area (TPSA) is 3.24 Å². The SMILES string of the molecule is Clc1ccc(CBr)c(N2CCCC3CCCCC32)c1. The molecule has 1 aliphatic heterocycles. The lowest BCUT2D eigenvalue weighted by Gasteiger charge is -2.46. The Labute approximate surface area is 129 Å². The largest absolute Gasteiger partial charge is 0.368 e. The first-order valence-electron chi connectivity index (χ1n) is 7.40. The smallest absolute Gasteiger partial charge is 0.0426 e. The summed E-state index contributed by atoms with van der Waals surface area (Å²) in [5, 5.41) is 1.77. The number of rotatable bonds is 2. The van der Waals surface area contributed by atoms with Crippen LogP contribution >= 0.6 is 27.5 Å². The number of halogens is 2. The monoisotopic (exact) mass is 341 g/mol. The molecule has 0 bridgehead atoms. The van der Waals surface area contributed by atoms with Crippen LogP contribution in [0, 0.1) is 5.92 Å². The molecule has 3 rings (SSSR count). The van der Waals surface area contributed by atoms with Gasteiger partial charge in [-0.15, -0.1) is 0 Å². The van der Waals surface area contributed by atoms with Crippen molar-refractivity contribution in [2.45, 2.75) is 49.9 Å². The zero-order chi connectivity index (χ0) is 13.2. The van der Waals surface area contributed by atoms with Crippen molar-refractivity contribution in [3.8, 4) is 0 Å². The third-order valence-electron chi connectivity index (χ3n) is 4.74. The van der Waals surface area contributed by atoms with Crippen LogP contribution in [0.2, 0.25) is 5.02 Å². The quantitative estimate of drug-likeness (QED) is 0.651. The van der Waals surface area contributed by atoms with Gasteiger partial charge in [0.05, 0.1) is 0 Å². The van der Waals surface area contributed by atoms with Crippen LogP contribution in [0.5, 0.6) is 0 Å². The van der Waals surface area contributed by atoms with E-state index < -0.39 is 0 Å². The first kappa shape index (κ1) is 13.8. The number of alkyl halides is 1. The van der Waals surface area contributed by atoms with Crippen molar-refractivity contribution in [3.63, 3.8) is 0 Å². The second-order valence-corrected chi connectivity index (χ2v) is 6.85. The first-order chi connectivity index (χ1) is 9.29. The summed E-state index contributed by atoms with van der Waals surface area (Å²) in [5.74, 6) is 0.907. The second kappa shape index (κ2) is 6.05. The number of benzene rings is 1. The van der Waals surface area contributed by atoms with Crippen molar-refractivity contribution in [2.24, 2.45) is 5.92 Å². The molecule has 3 heteroatoms. The summed E-state index contributed by atoms with van der Waals surface area (Å²) < 4.78 is 0. The van der Waals surface area contributed by atoms with E-state index in [1.165, 1.54) is 56.3 Å². The second-order valence-electron chi connectivity index (χ2n) is 5.85. The standard InChI is InChI=1S/C16H21BrClN/c17-11-13-7-8-14(18)10-16(13)19-9-3-5-12-4-1-2-6-15(12)19/h7-8,10,12,15H,1-6,9,11H2. The van der Waals surface area contributed by atoms with Crippen LogP contribution in [0.25, 0.3) is 0 Å². The van der Waals surface area contributed by atoms with Gasteiger partial charge in [0.25, 0.3) is 0 Å². The summed E-state index contributed by atoms with van der Waals surface area (Å²) in [6.45, 7) is 1.20. The number of nitrogens with zero attached hydrogens (tertiary/aromatic N) is 1. The molecule has 1 saturated carbocycles. The lowest BCUT2D eigenvalue weighted by atomic mass is 9.78. The molecule has 1 saturated heterocycles. The minimum absolute atomic E-state index is 0.749. The lowest BCUT2D eigenvalue weighted by molar-refractivity contribution is 0.243. The van der Waals surface area contributed by atoms with Gasteiger partial charge in [-0.25, -0.2) is 0 Å². The van der Waals surface area contributed by atoms with E-state index in [1.807, 2.05) is 6.07 Å². The van der Waals surface area contributed by atoms with Gasteiger partial charge < -0.3 is 4.90 Å². The highest BCUT2D eigenvalue weighted by atomic mass is 79.9. The molecule has 0 radical (unpaired) electrons. The minimum Gasteiger partial charge on any atom is -0.368 e. The Morgan fingerprint density at radius 1 is 1.16 bits per heavy atom. The van der Waals surface area contributed by atoms with E-state index in [-0.39, 0.29) is 0 Å². The molecule has 1 heterocycles. The fraction of sp³-hybridized carbons (Fsp3) is 0.625. The van der Waals surface area contributed by atoms with Crippen molar-refractivity contribution in [2.75, 3.05) is 11.4 Å². The molecule has 0 amide bonds. The number of anilines is 1. The first-order valence-corrected chi connectivity index (χ1v) is 8.90. The summed E-state index contributed by atoms with van der Waals surface area (Å²) in [4.78, 5) is 2.65. The molecule has 2 aliphatic rings. The van der Waals surface area contributed by atoms with Crippen LogP contribution in [0.4, 0.5) is 5.69 Å². The average Bonchev–Trinajstić information content (AvgIpc) is 2.46. The predicted octanol–water partition coefficient (Wildman–Crippen LogP) is 5.39. The van der Waals surface area contributed by atoms with E-state index in [2.05, 4.69) is 33.0 Å². The predicted molar refractivity (Wildman–Crippen MR) is 86.4 cm³/mol. The van der Waals surface area contributed by atoms with Crippen LogP contribution in [-0.4, -0.2) is 12.6 Å². The number of fused-ring (bicyclic) bond motifs is 1. The number of piperidine rings is 1. The zero-order valence-electron chi connectivity index (χ0n) is 11.2. The maximum absolute atomic E-state index is 6.23. The molecule has 0 spiro atoms. The van der Waals surface area contributed by atoms with E-state index in [0.717, 1.165) is 22.3 Å². The third kappa shape index (κ3) is 2.80. The van der Waals surface area contributed by atoms with E-state index in [1.54, 1.807) is 0 Å². The van der Waals surface area contributed by atoms with Gasteiger partial charge in [0.2, 0.25) is 0 Å². The van der Waals surface area contributed by atoms with Crippen molar-refractivity contribution in [1.29, 1.82) is 0 Å². The normalized spacial score (nSPS) is 27.2. The molecule has 2 atom stereocenters. The minimum atomic E-state index is 0.749. The molecule has 0 aromatic heterocycles. The van der Waals surface area contributed by atoms with Gasteiger partial charge in [-0.2, -0.15) is 0 Å². The summed E-state index contributed by atoms with van der Waals surface area (Å²) in [6, 6.07) is 7.08. The van der Waals surface area contributed by atoms with Crippen LogP contribution in [0.1, 0.15) is 44.1 Å². The zero-order valence-corrected chi connectivity index (χ0v) is 13.6. The van der Waals surface area contributed by atoms with Crippen LogP contribution in [-0.2, 0) is 5.33 Å². The molecule has 104 valence electrons. The van der Waals surface area contributed by atoms with E-state index >= 15 is 0 Å². The molecule has 2 fully saturated rings. The van der Waals surface area contributed by atoms with Gasteiger partial charge in [-0.1, -0.05) is 46.4 Å². The third-order valence-corrected chi connectivity index (χ3v) is 5.58. The van der Waals surface area contributed by atoms with Crippen LogP contribution in [0.15, 0.2) is 18.2 Å². The van der Waals surface area contributed by atoms with Crippen LogP contribution < -0.4 is 4.90 Å². The summed E-state index contributed by atoms with van der Waals surface area (Å²) >= 11 is 9.84. The Kier molecular flexibility index (Phi) is 4.38. The van der Waals surface area contributed by atoms with Gasteiger partial charge in [-0.3, -0.25) is 0 Å². The van der Waals surface area contributed by atoms with Crippen molar-refractivity contribution < 1.29 is 0 Å². The Morgan fingerprint density at radius 2 is 1.95 bits per heavy atom. The Bertz CT molecular complexity index is 446. The van der Waals surface area contributed by atoms with Crippen molar-refractivity contribution in [1.82, 2.24) is 0 Å². The van der Waals surface area contributed by atoms with Gasteiger partial charge >= 0.3 is 0 Å². The summed E-state index contributed by atoms with van der Waals surface area (Å²) in [7, 11) is 0. The van der Waals surface area contributed by atoms with Gasteiger partial charge in [0.15, 0.2) is 0 Å². The lowest BCUT2D eigenvalue weighted by Crippen LogP contribution is -2.47. The number of hydrogen-bond acceptors (Lipinski definition) is 1. The Hall–Kier alpha value is -0.210. The molecular weight excluding hydrogens is 322 g/mol. The average molecular weight is 343 g/mol. The highest BCUT2D eigenvalue weighted by Gasteiger charge is 2.33. The van der Waals surface area contributed by atoms with E-state index in [4.69, 9.17) is 11.6 Å². The maximum atomic E-state index is 6.23. The molecule has 0 N–H and O–H groups in total. The highest BCUT2D eigenvalue weighted by Crippen LogP contribution is 2.39. The van der Waals surface area contributed by atoms with E-state index in [0.29, 0.717) is 0 Å². The van der Waals surface area contributed by atoms with Crippen molar-refractivity contribution in [3.05, 3.63) is 28.8 Å². The molecule has 1 aromatic carbocycles. The Morgan fingerprint density at radius 3 is 2.79 bits per heavy atom. The fourth-order valence-electron chi connectivity index (χ4n) is 3.84. The van der Waals surface area contributed by atoms with Crippen LogP contribution in [0.3, 0.4) is 0 Å². The van der Waals surface area contributed by atoms with Crippen molar-refractivity contribution >= 4 is 33.2 Å². The fourth-order valence-corrected chi connectivity index (χ4v) is 4.48. The summed E-state index contributed by atoms with van der Waals surface area (Å²) in [5.41, 5.74) is 2.73. The van der Waals surface area contributed by atoms with Gasteiger partial charge in [0, 0.05) is 28.6 Å². The highest BCUT2D eigenvalue weighted by molar-refractivity contribution is 9.08. The van der Waals surface area contributed by atoms with Gasteiger partial charge in [0.1, 0.15) is 0 Å². The molecule has 2 unspecified atom stereocenters. The van der Waals surface area contributed by atoms with Gasteiger partial charge in [-0.05, 0) is 49.3 Å². The molecule has 19 heavy (non-hydrogen) atoms. The van der Waals surface area contributed by atoms with E-state index in [9.17, 15) is 0 Å². The Balaban J connectivity index is 1.93. The molecular formula is C16H21BrClN. The molecule has 1 aromatic rings.